The van der Waals surface area contributed by atoms with E-state index in [1.807, 2.05) is 13.0 Å². The Morgan fingerprint density at radius 1 is 1.73 bits per heavy atom. The van der Waals surface area contributed by atoms with Gasteiger partial charge in [0.05, 0.1) is 12.2 Å². The summed E-state index contributed by atoms with van der Waals surface area (Å²) in [5, 5.41) is 5.06. The highest BCUT2D eigenvalue weighted by Gasteiger charge is 2.05. The van der Waals surface area contributed by atoms with E-state index < -0.39 is 0 Å². The SMILES string of the molecule is COCC(C)NCc1cc(C(N)=O)cs1. The summed E-state index contributed by atoms with van der Waals surface area (Å²) < 4.78 is 5.00. The lowest BCUT2D eigenvalue weighted by molar-refractivity contribution is 0.100. The molecule has 4 nitrogen and oxygen atoms in total. The van der Waals surface area contributed by atoms with Crippen LogP contribution in [0.3, 0.4) is 0 Å². The summed E-state index contributed by atoms with van der Waals surface area (Å²) in [5.74, 6) is -0.373. The normalized spacial score (nSPS) is 12.7. The molecule has 1 unspecified atom stereocenters. The Hall–Kier alpha value is -0.910. The molecule has 0 aromatic carbocycles. The molecule has 5 heteroatoms. The zero-order chi connectivity index (χ0) is 11.3. The number of ether oxygens (including phenoxy) is 1. The molecule has 15 heavy (non-hydrogen) atoms. The van der Waals surface area contributed by atoms with E-state index in [1.165, 1.54) is 11.3 Å². The van der Waals surface area contributed by atoms with Crippen molar-refractivity contribution >= 4 is 17.2 Å². The number of nitrogens with two attached hydrogens (primary N) is 1. The first kappa shape index (κ1) is 12.2. The van der Waals surface area contributed by atoms with Gasteiger partial charge in [-0.3, -0.25) is 4.79 Å². The molecule has 0 aliphatic carbocycles. The van der Waals surface area contributed by atoms with Crippen LogP contribution in [0.1, 0.15) is 22.2 Å². The van der Waals surface area contributed by atoms with Crippen LogP contribution in [0.15, 0.2) is 11.4 Å². The second kappa shape index (κ2) is 5.85. The van der Waals surface area contributed by atoms with Crippen LogP contribution in [0.25, 0.3) is 0 Å². The third-order valence-corrected chi connectivity index (χ3v) is 2.92. The van der Waals surface area contributed by atoms with Gasteiger partial charge >= 0.3 is 0 Å². The zero-order valence-corrected chi connectivity index (χ0v) is 9.76. The number of carbonyl (C=O) groups is 1. The maximum absolute atomic E-state index is 10.8. The van der Waals surface area contributed by atoms with Crippen molar-refractivity contribution in [2.75, 3.05) is 13.7 Å². The van der Waals surface area contributed by atoms with Crippen molar-refractivity contribution in [2.24, 2.45) is 5.73 Å². The fraction of sp³-hybridized carbons (Fsp3) is 0.500. The standard InChI is InChI=1S/C10H16N2O2S/c1-7(5-14-2)12-4-9-3-8(6-15-9)10(11)13/h3,6-7,12H,4-5H2,1-2H3,(H2,11,13). The van der Waals surface area contributed by atoms with E-state index in [-0.39, 0.29) is 5.91 Å². The highest BCUT2D eigenvalue weighted by molar-refractivity contribution is 7.10. The molecule has 84 valence electrons. The van der Waals surface area contributed by atoms with Crippen LogP contribution in [-0.4, -0.2) is 25.7 Å². The van der Waals surface area contributed by atoms with Crippen molar-refractivity contribution in [2.45, 2.75) is 19.5 Å². The lowest BCUT2D eigenvalue weighted by atomic mass is 10.3. The number of methoxy groups -OCH3 is 1. The van der Waals surface area contributed by atoms with Gasteiger partial charge in [-0.05, 0) is 13.0 Å². The Balaban J connectivity index is 2.40. The van der Waals surface area contributed by atoms with Crippen LogP contribution in [0.2, 0.25) is 0 Å². The van der Waals surface area contributed by atoms with Crippen LogP contribution < -0.4 is 11.1 Å². The molecule has 0 aliphatic rings. The molecule has 1 aromatic heterocycles. The monoisotopic (exact) mass is 228 g/mol. The highest BCUT2D eigenvalue weighted by Crippen LogP contribution is 2.13. The zero-order valence-electron chi connectivity index (χ0n) is 8.95. The summed E-state index contributed by atoms with van der Waals surface area (Å²) in [6.45, 7) is 3.46. The maximum Gasteiger partial charge on any atom is 0.249 e. The van der Waals surface area contributed by atoms with Gasteiger partial charge in [-0.15, -0.1) is 11.3 Å². The molecular weight excluding hydrogens is 212 g/mol. The smallest absolute Gasteiger partial charge is 0.249 e. The fourth-order valence-electron chi connectivity index (χ4n) is 1.19. The first-order valence-electron chi connectivity index (χ1n) is 4.73. The summed E-state index contributed by atoms with van der Waals surface area (Å²) in [6, 6.07) is 2.12. The number of carbonyl (C=O) groups excluding carboxylic acids is 1. The quantitative estimate of drug-likeness (QED) is 0.762. The number of rotatable bonds is 6. The minimum Gasteiger partial charge on any atom is -0.383 e. The average molecular weight is 228 g/mol. The van der Waals surface area contributed by atoms with Gasteiger partial charge in [-0.25, -0.2) is 0 Å². The molecule has 1 amide bonds. The highest BCUT2D eigenvalue weighted by atomic mass is 32.1. The Labute approximate surface area is 93.4 Å². The molecule has 1 rings (SSSR count). The molecule has 0 bridgehead atoms. The van der Waals surface area contributed by atoms with Crippen molar-refractivity contribution in [1.82, 2.24) is 5.32 Å². The molecule has 0 saturated carbocycles. The maximum atomic E-state index is 10.8. The number of amides is 1. The molecule has 1 heterocycles. The molecule has 1 atom stereocenters. The molecule has 0 radical (unpaired) electrons. The van der Waals surface area contributed by atoms with Crippen molar-refractivity contribution in [3.8, 4) is 0 Å². The summed E-state index contributed by atoms with van der Waals surface area (Å²) in [4.78, 5) is 11.9. The van der Waals surface area contributed by atoms with E-state index in [0.717, 1.165) is 11.4 Å². The second-order valence-electron chi connectivity index (χ2n) is 3.40. The summed E-state index contributed by atoms with van der Waals surface area (Å²) in [6.07, 6.45) is 0. The number of primary amides is 1. The van der Waals surface area contributed by atoms with E-state index in [4.69, 9.17) is 10.5 Å². The minimum absolute atomic E-state index is 0.300. The predicted octanol–water partition coefficient (Wildman–Crippen LogP) is 0.972. The Bertz CT molecular complexity index is 325. The van der Waals surface area contributed by atoms with Crippen LogP contribution >= 0.6 is 11.3 Å². The van der Waals surface area contributed by atoms with Gasteiger partial charge in [0.25, 0.3) is 0 Å². The molecule has 1 aromatic rings. The molecule has 0 aliphatic heterocycles. The van der Waals surface area contributed by atoms with E-state index in [9.17, 15) is 4.79 Å². The Kier molecular flexibility index (Phi) is 4.74. The van der Waals surface area contributed by atoms with Crippen LogP contribution in [0, 0.1) is 0 Å². The van der Waals surface area contributed by atoms with Gasteiger partial charge in [-0.2, -0.15) is 0 Å². The average Bonchev–Trinajstić information content (AvgIpc) is 2.63. The number of thiophene rings is 1. The topological polar surface area (TPSA) is 64.3 Å². The van der Waals surface area contributed by atoms with Gasteiger partial charge < -0.3 is 15.8 Å². The van der Waals surface area contributed by atoms with E-state index >= 15 is 0 Å². The Morgan fingerprint density at radius 2 is 2.47 bits per heavy atom. The minimum atomic E-state index is -0.373. The predicted molar refractivity (Wildman–Crippen MR) is 61.0 cm³/mol. The van der Waals surface area contributed by atoms with Crippen LogP contribution in [-0.2, 0) is 11.3 Å². The Morgan fingerprint density at radius 3 is 3.00 bits per heavy atom. The van der Waals surface area contributed by atoms with Crippen molar-refractivity contribution < 1.29 is 9.53 Å². The summed E-state index contributed by atoms with van der Waals surface area (Å²) in [7, 11) is 1.68. The van der Waals surface area contributed by atoms with Gasteiger partial charge in [0.1, 0.15) is 0 Å². The van der Waals surface area contributed by atoms with Gasteiger partial charge in [0.2, 0.25) is 5.91 Å². The lowest BCUT2D eigenvalue weighted by Crippen LogP contribution is -2.29. The van der Waals surface area contributed by atoms with Crippen molar-refractivity contribution in [1.29, 1.82) is 0 Å². The third kappa shape index (κ3) is 3.99. The van der Waals surface area contributed by atoms with Crippen LogP contribution in [0.4, 0.5) is 0 Å². The van der Waals surface area contributed by atoms with Gasteiger partial charge in [-0.1, -0.05) is 0 Å². The lowest BCUT2D eigenvalue weighted by Gasteiger charge is -2.11. The fourth-order valence-corrected chi connectivity index (χ4v) is 2.01. The largest absolute Gasteiger partial charge is 0.383 e. The molecule has 3 N–H and O–H groups in total. The van der Waals surface area contributed by atoms with E-state index in [1.54, 1.807) is 12.5 Å². The van der Waals surface area contributed by atoms with E-state index in [0.29, 0.717) is 18.2 Å². The van der Waals surface area contributed by atoms with Gasteiger partial charge in [0.15, 0.2) is 0 Å². The number of nitrogens with one attached hydrogen (secondary N) is 1. The van der Waals surface area contributed by atoms with Crippen molar-refractivity contribution in [3.05, 3.63) is 21.9 Å². The van der Waals surface area contributed by atoms with Gasteiger partial charge in [0, 0.05) is 30.0 Å². The third-order valence-electron chi connectivity index (χ3n) is 1.98. The molecule has 0 saturated heterocycles. The van der Waals surface area contributed by atoms with Crippen LogP contribution in [0.5, 0.6) is 0 Å². The molecule has 0 spiro atoms. The number of hydrogen-bond acceptors (Lipinski definition) is 4. The first-order chi connectivity index (χ1) is 7.13. The number of hydrogen-bond donors (Lipinski definition) is 2. The van der Waals surface area contributed by atoms with Crippen molar-refractivity contribution in [3.63, 3.8) is 0 Å². The first-order valence-corrected chi connectivity index (χ1v) is 5.61. The molecular formula is C10H16N2O2S. The molecule has 0 fully saturated rings. The summed E-state index contributed by atoms with van der Waals surface area (Å²) in [5.41, 5.74) is 5.74. The second-order valence-corrected chi connectivity index (χ2v) is 4.40. The summed E-state index contributed by atoms with van der Waals surface area (Å²) >= 11 is 1.53. The van der Waals surface area contributed by atoms with E-state index in [2.05, 4.69) is 5.32 Å².